The van der Waals surface area contributed by atoms with Crippen LogP contribution in [0, 0.1) is 12.3 Å². The number of hydrogen-bond donors (Lipinski definition) is 3. The summed E-state index contributed by atoms with van der Waals surface area (Å²) >= 11 is 1.42. The van der Waals surface area contributed by atoms with E-state index in [1.807, 2.05) is 54.6 Å². The van der Waals surface area contributed by atoms with Crippen LogP contribution >= 0.6 is 11.3 Å². The molecular weight excluding hydrogens is 416 g/mol. The predicted molar refractivity (Wildman–Crippen MR) is 119 cm³/mol. The molecule has 2 aromatic heterocycles. The Morgan fingerprint density at radius 3 is 2.77 bits per heavy atom. The van der Waals surface area contributed by atoms with Crippen molar-refractivity contribution in [1.82, 2.24) is 5.16 Å². The monoisotopic (exact) mass is 436 g/mol. The smallest absolute Gasteiger partial charge is 0.411 e. The Bertz CT molecular complexity index is 1220. The Morgan fingerprint density at radius 2 is 2.06 bits per heavy atom. The van der Waals surface area contributed by atoms with E-state index in [4.69, 9.17) is 25.1 Å². The molecule has 0 saturated carbocycles. The fourth-order valence-electron chi connectivity index (χ4n) is 3.00. The van der Waals surface area contributed by atoms with Crippen molar-refractivity contribution in [3.05, 3.63) is 77.0 Å². The van der Waals surface area contributed by atoms with Crippen LogP contribution in [-0.2, 0) is 4.74 Å². The molecule has 2 aromatic carbocycles. The van der Waals surface area contributed by atoms with E-state index in [9.17, 15) is 4.79 Å². The number of anilines is 1. The van der Waals surface area contributed by atoms with Crippen LogP contribution in [0.25, 0.3) is 10.1 Å². The number of rotatable bonds is 7. The van der Waals surface area contributed by atoms with Crippen molar-refractivity contribution in [2.24, 2.45) is 5.73 Å². The molecule has 1 atom stereocenters. The number of carbonyl (C=O) groups is 1. The van der Waals surface area contributed by atoms with Gasteiger partial charge in [-0.2, -0.15) is 0 Å². The molecule has 1 unspecified atom stereocenters. The highest BCUT2D eigenvalue weighted by Gasteiger charge is 2.19. The third-order valence-corrected chi connectivity index (χ3v) is 5.71. The first-order chi connectivity index (χ1) is 15.0. The second-order valence-electron chi connectivity index (χ2n) is 6.75. The van der Waals surface area contributed by atoms with Crippen molar-refractivity contribution in [3.63, 3.8) is 0 Å². The summed E-state index contributed by atoms with van der Waals surface area (Å²) in [5.41, 5.74) is 7.50. The maximum absolute atomic E-state index is 12.2. The molecule has 0 fully saturated rings. The lowest BCUT2D eigenvalue weighted by Crippen LogP contribution is -2.21. The zero-order valence-electron chi connectivity index (χ0n) is 16.6. The van der Waals surface area contributed by atoms with Crippen molar-refractivity contribution < 1.29 is 18.8 Å². The third kappa shape index (κ3) is 4.67. The zero-order valence-corrected chi connectivity index (χ0v) is 17.4. The summed E-state index contributed by atoms with van der Waals surface area (Å²) < 4.78 is 17.5. The number of amidine groups is 1. The molecule has 0 bridgehead atoms. The van der Waals surface area contributed by atoms with Crippen LogP contribution in [0.2, 0.25) is 0 Å². The minimum Gasteiger partial charge on any atom is -0.481 e. The molecular formula is C22H20N4O4S. The molecule has 4 rings (SSSR count). The highest BCUT2D eigenvalue weighted by atomic mass is 32.1. The quantitative estimate of drug-likeness (QED) is 0.281. The molecule has 2 heterocycles. The highest BCUT2D eigenvalue weighted by molar-refractivity contribution is 7.20. The molecule has 0 saturated heterocycles. The second kappa shape index (κ2) is 8.88. The number of fused-ring (bicyclic) bond motifs is 1. The predicted octanol–water partition coefficient (Wildman–Crippen LogP) is 4.85. The Labute approximate surface area is 182 Å². The lowest BCUT2D eigenvalue weighted by atomic mass is 10.1. The van der Waals surface area contributed by atoms with Gasteiger partial charge in [0, 0.05) is 10.1 Å². The number of hydrogen-bond acceptors (Lipinski definition) is 7. The molecule has 158 valence electrons. The van der Waals surface area contributed by atoms with Crippen LogP contribution in [0.3, 0.4) is 0 Å². The van der Waals surface area contributed by atoms with Gasteiger partial charge in [0.1, 0.15) is 35.8 Å². The Kier molecular flexibility index (Phi) is 5.85. The van der Waals surface area contributed by atoms with Crippen molar-refractivity contribution in [1.29, 1.82) is 5.41 Å². The molecule has 0 aliphatic rings. The molecule has 31 heavy (non-hydrogen) atoms. The van der Waals surface area contributed by atoms with E-state index in [-0.39, 0.29) is 12.4 Å². The minimum absolute atomic E-state index is 0.00999. The first-order valence-corrected chi connectivity index (χ1v) is 10.3. The van der Waals surface area contributed by atoms with Gasteiger partial charge in [-0.1, -0.05) is 41.6 Å². The van der Waals surface area contributed by atoms with Gasteiger partial charge < -0.3 is 19.7 Å². The summed E-state index contributed by atoms with van der Waals surface area (Å²) in [5.74, 6) is 0.629. The third-order valence-electron chi connectivity index (χ3n) is 4.58. The van der Waals surface area contributed by atoms with Crippen molar-refractivity contribution >= 4 is 39.0 Å². The first-order valence-electron chi connectivity index (χ1n) is 9.44. The lowest BCUT2D eigenvalue weighted by molar-refractivity contribution is 0.0910. The van der Waals surface area contributed by atoms with Crippen LogP contribution in [0.15, 0.2) is 65.4 Å². The van der Waals surface area contributed by atoms with Gasteiger partial charge in [0.05, 0.1) is 4.88 Å². The fourth-order valence-corrected chi connectivity index (χ4v) is 3.94. The van der Waals surface area contributed by atoms with Crippen LogP contribution in [0.1, 0.15) is 22.2 Å². The highest BCUT2D eigenvalue weighted by Crippen LogP contribution is 2.35. The Hall–Kier alpha value is -3.85. The molecule has 0 aliphatic heterocycles. The molecule has 0 spiro atoms. The topological polar surface area (TPSA) is 123 Å². The maximum Gasteiger partial charge on any atom is 0.411 e. The van der Waals surface area contributed by atoms with Crippen molar-refractivity contribution in [3.8, 4) is 5.75 Å². The number of carbonyl (C=O) groups excluding carboxylic acids is 1. The van der Waals surface area contributed by atoms with Gasteiger partial charge in [0.25, 0.3) is 0 Å². The van der Waals surface area contributed by atoms with E-state index in [2.05, 4.69) is 10.5 Å². The van der Waals surface area contributed by atoms with Crippen molar-refractivity contribution in [2.45, 2.75) is 13.0 Å². The molecule has 4 aromatic rings. The maximum atomic E-state index is 12.2. The van der Waals surface area contributed by atoms with Crippen LogP contribution < -0.4 is 15.8 Å². The number of nitrogens with one attached hydrogen (secondary N) is 2. The first kappa shape index (κ1) is 20.4. The number of thiophene rings is 1. The van der Waals surface area contributed by atoms with E-state index in [1.165, 1.54) is 17.6 Å². The number of nitrogens with zero attached hydrogens (tertiary/aromatic N) is 1. The van der Waals surface area contributed by atoms with Crippen molar-refractivity contribution in [2.75, 3.05) is 11.9 Å². The largest absolute Gasteiger partial charge is 0.481 e. The summed E-state index contributed by atoms with van der Waals surface area (Å²) in [6, 6.07) is 17.0. The molecule has 0 radical (unpaired) electrons. The average molecular weight is 436 g/mol. The van der Waals surface area contributed by atoms with E-state index >= 15 is 0 Å². The number of nitrogen functional groups attached to an aromatic ring is 1. The SMILES string of the molecule is Cc1nocc1NC(=O)OCC(Oc1cccc2sc(C(=N)N)cc12)c1ccccc1. The molecule has 8 nitrogen and oxygen atoms in total. The van der Waals surface area contributed by atoms with Gasteiger partial charge >= 0.3 is 6.09 Å². The summed E-state index contributed by atoms with van der Waals surface area (Å²) in [7, 11) is 0. The van der Waals surface area contributed by atoms with E-state index in [0.29, 0.717) is 22.0 Å². The van der Waals surface area contributed by atoms with Gasteiger partial charge in [0.2, 0.25) is 0 Å². The lowest BCUT2D eigenvalue weighted by Gasteiger charge is -2.20. The van der Waals surface area contributed by atoms with E-state index in [0.717, 1.165) is 15.6 Å². The minimum atomic E-state index is -0.636. The number of nitrogens with two attached hydrogens (primary N) is 1. The Balaban J connectivity index is 1.55. The van der Waals surface area contributed by atoms with Crippen LogP contribution in [0.5, 0.6) is 5.75 Å². The van der Waals surface area contributed by atoms with Gasteiger partial charge in [-0.3, -0.25) is 10.7 Å². The van der Waals surface area contributed by atoms with Crippen LogP contribution in [0.4, 0.5) is 10.5 Å². The zero-order chi connectivity index (χ0) is 21.8. The normalized spacial score (nSPS) is 11.8. The number of ether oxygens (including phenoxy) is 2. The van der Waals surface area contributed by atoms with E-state index in [1.54, 1.807) is 6.92 Å². The summed E-state index contributed by atoms with van der Waals surface area (Å²) in [6.07, 6.45) is 0.163. The average Bonchev–Trinajstić information content (AvgIpc) is 3.38. The van der Waals surface area contributed by atoms with Gasteiger partial charge in [0.15, 0.2) is 6.10 Å². The number of aromatic nitrogens is 1. The fraction of sp³-hybridized carbons (Fsp3) is 0.136. The van der Waals surface area contributed by atoms with Gasteiger partial charge in [-0.15, -0.1) is 11.3 Å². The standard InChI is InChI=1S/C22H20N4O4S/c1-13-16(11-29-26-13)25-22(27)28-12-18(14-6-3-2-4-7-14)30-17-8-5-9-19-15(17)10-20(31-19)21(23)24/h2-11,18H,12H2,1H3,(H3,23,24)(H,25,27). The summed E-state index contributed by atoms with van der Waals surface area (Å²) in [6.45, 7) is 1.70. The van der Waals surface area contributed by atoms with E-state index < -0.39 is 12.2 Å². The number of aryl methyl sites for hydroxylation is 1. The van der Waals surface area contributed by atoms with Gasteiger partial charge in [-0.25, -0.2) is 4.79 Å². The molecule has 9 heteroatoms. The molecule has 4 N–H and O–H groups in total. The Morgan fingerprint density at radius 1 is 1.26 bits per heavy atom. The number of benzene rings is 2. The summed E-state index contributed by atoms with van der Waals surface area (Å²) in [5, 5.41) is 14.9. The second-order valence-corrected chi connectivity index (χ2v) is 7.83. The molecule has 1 amide bonds. The number of amides is 1. The van der Waals surface area contributed by atoms with Crippen LogP contribution in [-0.4, -0.2) is 23.7 Å². The summed E-state index contributed by atoms with van der Waals surface area (Å²) in [4.78, 5) is 12.9. The van der Waals surface area contributed by atoms with Gasteiger partial charge in [-0.05, 0) is 30.7 Å². The molecule has 0 aliphatic carbocycles.